The van der Waals surface area contributed by atoms with Crippen molar-refractivity contribution in [2.45, 2.75) is 6.92 Å². The smallest absolute Gasteiger partial charge is 0.255 e. The van der Waals surface area contributed by atoms with E-state index in [4.69, 9.17) is 16.3 Å². The Morgan fingerprint density at radius 2 is 2.05 bits per heavy atom. The zero-order valence-electron chi connectivity index (χ0n) is 11.8. The van der Waals surface area contributed by atoms with Crippen LogP contribution in [0.4, 0.5) is 5.69 Å². The first-order valence-corrected chi connectivity index (χ1v) is 8.00. The molecular weight excluding hydrogens is 320 g/mol. The minimum Gasteiger partial charge on any atom is -0.494 e. The number of carbonyl (C=O) groups excluding carboxylic acids is 1. The standard InChI is InChI=1S/C16H13ClN2O2S/c1-2-21-11-5-3-10(4-6-11)16(20)19-13-8-7-12(17)14-15(13)22-9-18-14/h3-9H,2H2,1H3,(H,19,20). The molecule has 2 aromatic carbocycles. The molecule has 1 heterocycles. The van der Waals surface area contributed by atoms with E-state index in [0.717, 1.165) is 10.4 Å². The van der Waals surface area contributed by atoms with E-state index in [1.54, 1.807) is 41.9 Å². The third kappa shape index (κ3) is 2.91. The van der Waals surface area contributed by atoms with Gasteiger partial charge in [0.2, 0.25) is 0 Å². The van der Waals surface area contributed by atoms with Gasteiger partial charge in [0, 0.05) is 5.56 Å². The fourth-order valence-electron chi connectivity index (χ4n) is 2.08. The topological polar surface area (TPSA) is 51.2 Å². The molecular formula is C16H13ClN2O2S. The first-order chi connectivity index (χ1) is 10.7. The van der Waals surface area contributed by atoms with E-state index >= 15 is 0 Å². The van der Waals surface area contributed by atoms with Gasteiger partial charge in [-0.3, -0.25) is 4.79 Å². The summed E-state index contributed by atoms with van der Waals surface area (Å²) in [4.78, 5) is 16.5. The predicted octanol–water partition coefficient (Wildman–Crippen LogP) is 4.60. The van der Waals surface area contributed by atoms with Crippen LogP contribution in [0.5, 0.6) is 5.75 Å². The van der Waals surface area contributed by atoms with Crippen molar-refractivity contribution in [1.82, 2.24) is 4.98 Å². The summed E-state index contributed by atoms with van der Waals surface area (Å²) < 4.78 is 6.23. The van der Waals surface area contributed by atoms with Gasteiger partial charge in [-0.25, -0.2) is 4.98 Å². The minimum absolute atomic E-state index is 0.180. The van der Waals surface area contributed by atoms with E-state index in [0.29, 0.717) is 28.4 Å². The lowest BCUT2D eigenvalue weighted by atomic mass is 10.2. The number of aromatic nitrogens is 1. The van der Waals surface area contributed by atoms with E-state index in [9.17, 15) is 4.79 Å². The van der Waals surface area contributed by atoms with Crippen LogP contribution in [-0.2, 0) is 0 Å². The summed E-state index contributed by atoms with van der Waals surface area (Å²) in [5, 5.41) is 3.48. The van der Waals surface area contributed by atoms with Gasteiger partial charge in [-0.1, -0.05) is 11.6 Å². The fourth-order valence-corrected chi connectivity index (χ4v) is 3.13. The lowest BCUT2D eigenvalue weighted by molar-refractivity contribution is 0.102. The van der Waals surface area contributed by atoms with Gasteiger partial charge >= 0.3 is 0 Å². The van der Waals surface area contributed by atoms with Crippen LogP contribution in [0.2, 0.25) is 5.02 Å². The fraction of sp³-hybridized carbons (Fsp3) is 0.125. The summed E-state index contributed by atoms with van der Waals surface area (Å²) in [6.45, 7) is 2.52. The Morgan fingerprint density at radius 3 is 2.77 bits per heavy atom. The lowest BCUT2D eigenvalue weighted by Crippen LogP contribution is -2.11. The summed E-state index contributed by atoms with van der Waals surface area (Å²) in [6.07, 6.45) is 0. The number of nitrogens with one attached hydrogen (secondary N) is 1. The molecule has 0 saturated heterocycles. The van der Waals surface area contributed by atoms with Gasteiger partial charge in [-0.05, 0) is 43.3 Å². The van der Waals surface area contributed by atoms with Crippen molar-refractivity contribution in [3.05, 3.63) is 52.5 Å². The van der Waals surface area contributed by atoms with Crippen LogP contribution in [0.15, 0.2) is 41.9 Å². The van der Waals surface area contributed by atoms with Gasteiger partial charge in [0.15, 0.2) is 0 Å². The molecule has 4 nitrogen and oxygen atoms in total. The highest BCUT2D eigenvalue weighted by Gasteiger charge is 2.11. The number of nitrogens with zero attached hydrogens (tertiary/aromatic N) is 1. The summed E-state index contributed by atoms with van der Waals surface area (Å²) in [5.74, 6) is 0.565. The Kier molecular flexibility index (Phi) is 4.27. The predicted molar refractivity (Wildman–Crippen MR) is 90.2 cm³/mol. The maximum atomic E-state index is 12.3. The number of halogens is 1. The summed E-state index contributed by atoms with van der Waals surface area (Å²) in [7, 11) is 0. The van der Waals surface area contributed by atoms with Crippen LogP contribution < -0.4 is 10.1 Å². The van der Waals surface area contributed by atoms with Crippen LogP contribution in [-0.4, -0.2) is 17.5 Å². The average Bonchev–Trinajstić information content (AvgIpc) is 3.02. The molecule has 0 aliphatic heterocycles. The third-order valence-electron chi connectivity index (χ3n) is 3.11. The van der Waals surface area contributed by atoms with Gasteiger partial charge in [-0.15, -0.1) is 11.3 Å². The molecule has 0 atom stereocenters. The Bertz CT molecular complexity index is 815. The number of ether oxygens (including phenoxy) is 1. The van der Waals surface area contributed by atoms with Crippen LogP contribution in [0.1, 0.15) is 17.3 Å². The zero-order chi connectivity index (χ0) is 15.5. The van der Waals surface area contributed by atoms with Gasteiger partial charge in [-0.2, -0.15) is 0 Å². The van der Waals surface area contributed by atoms with E-state index in [1.165, 1.54) is 11.3 Å². The molecule has 0 unspecified atom stereocenters. The SMILES string of the molecule is CCOc1ccc(C(=O)Nc2ccc(Cl)c3ncsc23)cc1. The van der Waals surface area contributed by atoms with Crippen LogP contribution in [0.3, 0.4) is 0 Å². The highest BCUT2D eigenvalue weighted by Crippen LogP contribution is 2.32. The number of carbonyl (C=O) groups is 1. The lowest BCUT2D eigenvalue weighted by Gasteiger charge is -2.08. The third-order valence-corrected chi connectivity index (χ3v) is 4.28. The normalized spacial score (nSPS) is 10.6. The van der Waals surface area contributed by atoms with Gasteiger partial charge in [0.1, 0.15) is 11.3 Å². The first-order valence-electron chi connectivity index (χ1n) is 6.75. The van der Waals surface area contributed by atoms with E-state index in [-0.39, 0.29) is 5.91 Å². The molecule has 3 rings (SSSR count). The summed E-state index contributed by atoms with van der Waals surface area (Å²) >= 11 is 7.53. The molecule has 0 aliphatic carbocycles. The first kappa shape index (κ1) is 14.8. The van der Waals surface area contributed by atoms with E-state index in [1.807, 2.05) is 6.92 Å². The number of benzene rings is 2. The zero-order valence-corrected chi connectivity index (χ0v) is 13.4. The Labute approximate surface area is 136 Å². The van der Waals surface area contributed by atoms with Crippen molar-refractivity contribution < 1.29 is 9.53 Å². The van der Waals surface area contributed by atoms with Crippen molar-refractivity contribution in [3.63, 3.8) is 0 Å². The molecule has 0 radical (unpaired) electrons. The molecule has 0 fully saturated rings. The molecule has 0 bridgehead atoms. The number of rotatable bonds is 4. The molecule has 0 aliphatic rings. The van der Waals surface area contributed by atoms with Crippen LogP contribution in [0.25, 0.3) is 10.2 Å². The highest BCUT2D eigenvalue weighted by atomic mass is 35.5. The van der Waals surface area contributed by atoms with E-state index < -0.39 is 0 Å². The Hall–Kier alpha value is -2.11. The second kappa shape index (κ2) is 6.34. The number of thiazole rings is 1. The van der Waals surface area contributed by atoms with Crippen LogP contribution >= 0.6 is 22.9 Å². The molecule has 1 N–H and O–H groups in total. The number of anilines is 1. The molecule has 112 valence electrons. The van der Waals surface area contributed by atoms with Crippen molar-refractivity contribution in [2.75, 3.05) is 11.9 Å². The minimum atomic E-state index is -0.180. The monoisotopic (exact) mass is 332 g/mol. The molecule has 6 heteroatoms. The van der Waals surface area contributed by atoms with Gasteiger partial charge in [0.05, 0.1) is 27.5 Å². The van der Waals surface area contributed by atoms with Crippen molar-refractivity contribution >= 4 is 44.7 Å². The number of hydrogen-bond acceptors (Lipinski definition) is 4. The average molecular weight is 333 g/mol. The van der Waals surface area contributed by atoms with Gasteiger partial charge in [0.25, 0.3) is 5.91 Å². The van der Waals surface area contributed by atoms with Crippen molar-refractivity contribution in [2.24, 2.45) is 0 Å². The number of fused-ring (bicyclic) bond motifs is 1. The summed E-state index contributed by atoms with van der Waals surface area (Å²) in [5.41, 5.74) is 3.69. The van der Waals surface area contributed by atoms with Gasteiger partial charge < -0.3 is 10.1 Å². The quantitative estimate of drug-likeness (QED) is 0.759. The Morgan fingerprint density at radius 1 is 1.27 bits per heavy atom. The molecule has 0 spiro atoms. The molecule has 1 aromatic heterocycles. The largest absolute Gasteiger partial charge is 0.494 e. The second-order valence-corrected chi connectivity index (χ2v) is 5.80. The number of amides is 1. The molecule has 1 amide bonds. The number of hydrogen-bond donors (Lipinski definition) is 1. The maximum absolute atomic E-state index is 12.3. The Balaban J connectivity index is 1.83. The van der Waals surface area contributed by atoms with E-state index in [2.05, 4.69) is 10.3 Å². The highest BCUT2D eigenvalue weighted by molar-refractivity contribution is 7.17. The molecule has 3 aromatic rings. The summed E-state index contributed by atoms with van der Waals surface area (Å²) in [6, 6.07) is 10.6. The molecule has 22 heavy (non-hydrogen) atoms. The molecule has 0 saturated carbocycles. The van der Waals surface area contributed by atoms with Crippen LogP contribution in [0, 0.1) is 0 Å². The maximum Gasteiger partial charge on any atom is 0.255 e. The second-order valence-electron chi connectivity index (χ2n) is 4.54. The van der Waals surface area contributed by atoms with Crippen molar-refractivity contribution in [3.8, 4) is 5.75 Å². The van der Waals surface area contributed by atoms with Crippen molar-refractivity contribution in [1.29, 1.82) is 0 Å².